The van der Waals surface area contributed by atoms with Gasteiger partial charge in [-0.2, -0.15) is 0 Å². The summed E-state index contributed by atoms with van der Waals surface area (Å²) in [5.74, 6) is -0.792. The van der Waals surface area contributed by atoms with E-state index in [1.807, 2.05) is 0 Å². The van der Waals surface area contributed by atoms with Gasteiger partial charge >= 0.3 is 0 Å². The third kappa shape index (κ3) is 3.62. The molecule has 0 aliphatic rings. The van der Waals surface area contributed by atoms with Crippen LogP contribution in [0.3, 0.4) is 0 Å². The standard InChI is InChI=1S/C14H11Cl2FN2O/c15-9-4-3-5-10(16)14(9)19-13(20)8-18-12-7-2-1-6-11(12)17/h1-7,18H,8H2,(H,19,20). The molecule has 0 radical (unpaired) electrons. The lowest BCUT2D eigenvalue weighted by Gasteiger charge is -2.10. The second-order valence-corrected chi connectivity index (χ2v) is 4.79. The molecule has 3 nitrogen and oxygen atoms in total. The van der Waals surface area contributed by atoms with Crippen molar-refractivity contribution in [1.29, 1.82) is 0 Å². The van der Waals surface area contributed by atoms with E-state index in [-0.39, 0.29) is 18.1 Å². The van der Waals surface area contributed by atoms with Crippen LogP contribution in [-0.4, -0.2) is 12.5 Å². The highest BCUT2D eigenvalue weighted by molar-refractivity contribution is 6.39. The topological polar surface area (TPSA) is 41.1 Å². The van der Waals surface area contributed by atoms with Gasteiger partial charge in [0.1, 0.15) is 5.82 Å². The highest BCUT2D eigenvalue weighted by Gasteiger charge is 2.10. The van der Waals surface area contributed by atoms with Gasteiger partial charge in [0, 0.05) is 0 Å². The summed E-state index contributed by atoms with van der Waals surface area (Å²) >= 11 is 11.9. The number of nitrogens with one attached hydrogen (secondary N) is 2. The van der Waals surface area contributed by atoms with Crippen LogP contribution < -0.4 is 10.6 Å². The van der Waals surface area contributed by atoms with Gasteiger partial charge in [-0.25, -0.2) is 4.39 Å². The van der Waals surface area contributed by atoms with Crippen LogP contribution in [0.25, 0.3) is 0 Å². The Bertz CT molecular complexity index is 614. The van der Waals surface area contributed by atoms with Gasteiger partial charge in [-0.3, -0.25) is 4.79 Å². The summed E-state index contributed by atoms with van der Waals surface area (Å²) < 4.78 is 13.4. The molecule has 0 heterocycles. The first-order valence-electron chi connectivity index (χ1n) is 5.80. The molecule has 2 aromatic rings. The third-order valence-corrected chi connectivity index (χ3v) is 3.17. The third-order valence-electron chi connectivity index (χ3n) is 2.54. The molecule has 0 aliphatic carbocycles. The van der Waals surface area contributed by atoms with Crippen LogP contribution in [0.2, 0.25) is 10.0 Å². The van der Waals surface area contributed by atoms with Crippen LogP contribution in [0.5, 0.6) is 0 Å². The maximum Gasteiger partial charge on any atom is 0.243 e. The zero-order valence-corrected chi connectivity index (χ0v) is 11.8. The first-order chi connectivity index (χ1) is 9.58. The predicted molar refractivity (Wildman–Crippen MR) is 80.0 cm³/mol. The van der Waals surface area contributed by atoms with Crippen molar-refractivity contribution in [2.75, 3.05) is 17.2 Å². The lowest BCUT2D eigenvalue weighted by atomic mass is 10.3. The molecule has 0 bridgehead atoms. The summed E-state index contributed by atoms with van der Waals surface area (Å²) in [6.07, 6.45) is 0. The smallest absolute Gasteiger partial charge is 0.243 e. The molecular weight excluding hydrogens is 302 g/mol. The molecule has 6 heteroatoms. The molecule has 1 amide bonds. The van der Waals surface area contributed by atoms with Crippen LogP contribution in [-0.2, 0) is 4.79 Å². The van der Waals surface area contributed by atoms with Crippen molar-refractivity contribution in [3.05, 3.63) is 58.3 Å². The largest absolute Gasteiger partial charge is 0.374 e. The van der Waals surface area contributed by atoms with E-state index in [1.54, 1.807) is 36.4 Å². The van der Waals surface area contributed by atoms with Crippen molar-refractivity contribution in [3.8, 4) is 0 Å². The highest BCUT2D eigenvalue weighted by atomic mass is 35.5. The summed E-state index contributed by atoms with van der Waals surface area (Å²) in [5, 5.41) is 5.97. The molecule has 0 aliphatic heterocycles. The van der Waals surface area contributed by atoms with E-state index in [4.69, 9.17) is 23.2 Å². The summed E-state index contributed by atoms with van der Waals surface area (Å²) in [6.45, 7) is -0.0948. The van der Waals surface area contributed by atoms with E-state index in [1.165, 1.54) is 6.07 Å². The van der Waals surface area contributed by atoms with E-state index in [0.29, 0.717) is 15.7 Å². The zero-order valence-electron chi connectivity index (χ0n) is 10.3. The summed E-state index contributed by atoms with van der Waals surface area (Å²) in [4.78, 5) is 11.8. The van der Waals surface area contributed by atoms with Gasteiger partial charge in [0.05, 0.1) is 28.0 Å². The number of carbonyl (C=O) groups is 1. The first kappa shape index (κ1) is 14.6. The maximum absolute atomic E-state index is 13.4. The number of rotatable bonds is 4. The van der Waals surface area contributed by atoms with Gasteiger partial charge in [0.2, 0.25) is 5.91 Å². The number of para-hydroxylation sites is 2. The summed E-state index contributed by atoms with van der Waals surface area (Å²) in [7, 11) is 0. The maximum atomic E-state index is 13.4. The molecule has 0 saturated carbocycles. The van der Waals surface area contributed by atoms with E-state index in [0.717, 1.165) is 0 Å². The fourth-order valence-corrected chi connectivity index (χ4v) is 2.07. The van der Waals surface area contributed by atoms with Gasteiger partial charge in [0.15, 0.2) is 0 Å². The minimum absolute atomic E-state index is 0.0948. The summed E-state index contributed by atoms with van der Waals surface area (Å²) in [5.41, 5.74) is 0.601. The molecule has 0 unspecified atom stereocenters. The van der Waals surface area contributed by atoms with Crippen molar-refractivity contribution in [3.63, 3.8) is 0 Å². The minimum Gasteiger partial charge on any atom is -0.374 e. The average molecular weight is 313 g/mol. The molecule has 20 heavy (non-hydrogen) atoms. The molecule has 2 aromatic carbocycles. The minimum atomic E-state index is -0.420. The molecule has 104 valence electrons. The Labute approximate surface area is 125 Å². The Balaban J connectivity index is 1.98. The number of halogens is 3. The number of amides is 1. The van der Waals surface area contributed by atoms with Crippen LogP contribution >= 0.6 is 23.2 Å². The Hall–Kier alpha value is -1.78. The van der Waals surface area contributed by atoms with E-state index >= 15 is 0 Å². The van der Waals surface area contributed by atoms with Gasteiger partial charge in [0.25, 0.3) is 0 Å². The molecule has 0 atom stereocenters. The molecule has 2 N–H and O–H groups in total. The molecule has 0 saturated heterocycles. The predicted octanol–water partition coefficient (Wildman–Crippen LogP) is 4.18. The molecule has 2 rings (SSSR count). The Morgan fingerprint density at radius 3 is 2.35 bits per heavy atom. The molecule has 0 aromatic heterocycles. The van der Waals surface area contributed by atoms with E-state index in [9.17, 15) is 9.18 Å². The fraction of sp³-hybridized carbons (Fsp3) is 0.0714. The number of benzene rings is 2. The van der Waals surface area contributed by atoms with Crippen molar-refractivity contribution in [1.82, 2.24) is 0 Å². The lowest BCUT2D eigenvalue weighted by Crippen LogP contribution is -2.22. The monoisotopic (exact) mass is 312 g/mol. The zero-order chi connectivity index (χ0) is 14.5. The average Bonchev–Trinajstić information content (AvgIpc) is 2.42. The number of hydrogen-bond acceptors (Lipinski definition) is 2. The van der Waals surface area contributed by atoms with Crippen LogP contribution in [0.1, 0.15) is 0 Å². The van der Waals surface area contributed by atoms with Crippen LogP contribution in [0.15, 0.2) is 42.5 Å². The van der Waals surface area contributed by atoms with Crippen molar-refractivity contribution in [2.45, 2.75) is 0 Å². The van der Waals surface area contributed by atoms with Crippen molar-refractivity contribution in [2.24, 2.45) is 0 Å². The lowest BCUT2D eigenvalue weighted by molar-refractivity contribution is -0.114. The SMILES string of the molecule is O=C(CNc1ccccc1F)Nc1c(Cl)cccc1Cl. The van der Waals surface area contributed by atoms with Gasteiger partial charge < -0.3 is 10.6 Å². The summed E-state index contributed by atoms with van der Waals surface area (Å²) in [6, 6.07) is 11.0. The fourth-order valence-electron chi connectivity index (χ4n) is 1.58. The Morgan fingerprint density at radius 2 is 1.70 bits per heavy atom. The van der Waals surface area contributed by atoms with Crippen molar-refractivity contribution < 1.29 is 9.18 Å². The molecule has 0 spiro atoms. The second kappa shape index (κ2) is 6.59. The van der Waals surface area contributed by atoms with Crippen LogP contribution in [0.4, 0.5) is 15.8 Å². The van der Waals surface area contributed by atoms with Gasteiger partial charge in [-0.05, 0) is 24.3 Å². The first-order valence-corrected chi connectivity index (χ1v) is 6.56. The molecule has 0 fully saturated rings. The molecular formula is C14H11Cl2FN2O. The second-order valence-electron chi connectivity index (χ2n) is 3.98. The van der Waals surface area contributed by atoms with Gasteiger partial charge in [-0.15, -0.1) is 0 Å². The number of carbonyl (C=O) groups excluding carboxylic acids is 1. The number of anilines is 2. The van der Waals surface area contributed by atoms with E-state index < -0.39 is 5.82 Å². The van der Waals surface area contributed by atoms with Crippen molar-refractivity contribution >= 4 is 40.5 Å². The Morgan fingerprint density at radius 1 is 1.05 bits per heavy atom. The van der Waals surface area contributed by atoms with Gasteiger partial charge in [-0.1, -0.05) is 41.4 Å². The van der Waals surface area contributed by atoms with Crippen LogP contribution in [0, 0.1) is 5.82 Å². The normalized spacial score (nSPS) is 10.2. The number of hydrogen-bond donors (Lipinski definition) is 2. The quantitative estimate of drug-likeness (QED) is 0.889. The highest BCUT2D eigenvalue weighted by Crippen LogP contribution is 2.29. The Kier molecular flexibility index (Phi) is 4.82. The van der Waals surface area contributed by atoms with E-state index in [2.05, 4.69) is 10.6 Å².